The molecule has 1 N–H and O–H groups in total. The molecule has 0 saturated carbocycles. The number of hydrogen-bond acceptors (Lipinski definition) is 2. The van der Waals surface area contributed by atoms with Gasteiger partial charge < -0.3 is 9.84 Å². The minimum absolute atomic E-state index is 0.0294. The van der Waals surface area contributed by atoms with Crippen molar-refractivity contribution in [2.24, 2.45) is 0 Å². The van der Waals surface area contributed by atoms with Crippen molar-refractivity contribution in [2.45, 2.75) is 31.9 Å². The second-order valence-corrected chi connectivity index (χ2v) is 4.54. The van der Waals surface area contributed by atoms with E-state index in [4.69, 9.17) is 9.84 Å². The minimum atomic E-state index is -4.65. The van der Waals surface area contributed by atoms with Gasteiger partial charge in [-0.3, -0.25) is 0 Å². The highest BCUT2D eigenvalue weighted by Gasteiger charge is 2.42. The van der Waals surface area contributed by atoms with Gasteiger partial charge in [-0.05, 0) is 24.6 Å². The zero-order chi connectivity index (χ0) is 13.1. The third-order valence-electron chi connectivity index (χ3n) is 2.21. The van der Waals surface area contributed by atoms with Gasteiger partial charge in [0.05, 0.1) is 12.7 Å². The lowest BCUT2D eigenvalue weighted by Crippen LogP contribution is -2.39. The maximum atomic E-state index is 12.1. The van der Waals surface area contributed by atoms with E-state index in [0.29, 0.717) is 0 Å². The van der Waals surface area contributed by atoms with Gasteiger partial charge in [-0.1, -0.05) is 28.1 Å². The van der Waals surface area contributed by atoms with Gasteiger partial charge in [0.25, 0.3) is 0 Å². The van der Waals surface area contributed by atoms with Crippen molar-refractivity contribution in [3.05, 3.63) is 34.3 Å². The van der Waals surface area contributed by atoms with Gasteiger partial charge in [0, 0.05) is 4.47 Å². The van der Waals surface area contributed by atoms with Crippen LogP contribution in [0.5, 0.6) is 0 Å². The van der Waals surface area contributed by atoms with Crippen LogP contribution in [-0.4, -0.2) is 23.5 Å². The van der Waals surface area contributed by atoms with E-state index in [1.165, 1.54) is 6.92 Å². The summed E-state index contributed by atoms with van der Waals surface area (Å²) in [5.41, 5.74) is 0.745. The molecule has 2 nitrogen and oxygen atoms in total. The van der Waals surface area contributed by atoms with Crippen molar-refractivity contribution in [2.75, 3.05) is 0 Å². The second kappa shape index (κ2) is 5.84. The van der Waals surface area contributed by atoms with Crippen molar-refractivity contribution in [3.63, 3.8) is 0 Å². The summed E-state index contributed by atoms with van der Waals surface area (Å²) in [6.45, 7) is 1.22. The van der Waals surface area contributed by atoms with Crippen LogP contribution in [0, 0.1) is 0 Å². The molecule has 0 radical (unpaired) electrons. The summed E-state index contributed by atoms with van der Waals surface area (Å²) >= 11 is 3.25. The van der Waals surface area contributed by atoms with Crippen LogP contribution in [0.15, 0.2) is 28.7 Å². The fourth-order valence-corrected chi connectivity index (χ4v) is 1.43. The Morgan fingerprint density at radius 2 is 1.82 bits per heavy atom. The van der Waals surface area contributed by atoms with E-state index in [2.05, 4.69) is 15.9 Å². The highest BCUT2D eigenvalue weighted by Crippen LogP contribution is 2.24. The van der Waals surface area contributed by atoms with Crippen LogP contribution in [0.3, 0.4) is 0 Å². The molecule has 0 bridgehead atoms. The number of ether oxygens (including phenoxy) is 1. The van der Waals surface area contributed by atoms with Crippen LogP contribution in [0.1, 0.15) is 12.5 Å². The van der Waals surface area contributed by atoms with Gasteiger partial charge >= 0.3 is 6.18 Å². The molecule has 0 aliphatic carbocycles. The largest absolute Gasteiger partial charge is 0.416 e. The fraction of sp³-hybridized carbons (Fsp3) is 0.455. The number of alkyl halides is 3. The number of benzene rings is 1. The first-order chi connectivity index (χ1) is 7.80. The molecule has 1 aromatic rings. The average molecular weight is 313 g/mol. The molecule has 0 aromatic heterocycles. The predicted octanol–water partition coefficient (Wildman–Crippen LogP) is 3.28. The van der Waals surface area contributed by atoms with Gasteiger partial charge in [0.2, 0.25) is 0 Å². The molecule has 6 heteroatoms. The van der Waals surface area contributed by atoms with Crippen molar-refractivity contribution in [1.82, 2.24) is 0 Å². The standard InChI is InChI=1S/C11H12BrF3O2/c1-7(10(16)11(13,14)15)17-6-8-2-4-9(12)5-3-8/h2-5,7,10,16H,6H2,1H3/t7-,10-/m0/s1. The smallest absolute Gasteiger partial charge is 0.381 e. The molecule has 0 amide bonds. The molecule has 2 atom stereocenters. The molecule has 0 fully saturated rings. The SMILES string of the molecule is C[C@H](OCc1ccc(Br)cc1)[C@H](O)C(F)(F)F. The van der Waals surface area contributed by atoms with E-state index in [1.54, 1.807) is 24.3 Å². The summed E-state index contributed by atoms with van der Waals surface area (Å²) < 4.78 is 42.3. The van der Waals surface area contributed by atoms with Gasteiger partial charge in [0.15, 0.2) is 6.10 Å². The topological polar surface area (TPSA) is 29.5 Å². The molecule has 17 heavy (non-hydrogen) atoms. The van der Waals surface area contributed by atoms with Crippen LogP contribution >= 0.6 is 15.9 Å². The molecule has 0 spiro atoms. The first kappa shape index (κ1) is 14.5. The number of hydrogen-bond donors (Lipinski definition) is 1. The van der Waals surface area contributed by atoms with E-state index in [-0.39, 0.29) is 6.61 Å². The molecule has 0 unspecified atom stereocenters. The summed E-state index contributed by atoms with van der Waals surface area (Å²) in [5.74, 6) is 0. The first-order valence-electron chi connectivity index (χ1n) is 4.91. The molecular formula is C11H12BrF3O2. The van der Waals surface area contributed by atoms with Gasteiger partial charge in [-0.15, -0.1) is 0 Å². The average Bonchev–Trinajstić information content (AvgIpc) is 2.25. The molecule has 1 aromatic carbocycles. The monoisotopic (exact) mass is 312 g/mol. The van der Waals surface area contributed by atoms with Crippen molar-refractivity contribution in [3.8, 4) is 0 Å². The molecule has 0 aliphatic rings. The van der Waals surface area contributed by atoms with Crippen LogP contribution in [0.2, 0.25) is 0 Å². The lowest BCUT2D eigenvalue weighted by molar-refractivity contribution is -0.235. The van der Waals surface area contributed by atoms with E-state index in [9.17, 15) is 13.2 Å². The zero-order valence-corrected chi connectivity index (χ0v) is 10.6. The van der Waals surface area contributed by atoms with Crippen LogP contribution in [-0.2, 0) is 11.3 Å². The van der Waals surface area contributed by atoms with Gasteiger partial charge in [-0.25, -0.2) is 0 Å². The summed E-state index contributed by atoms with van der Waals surface area (Å²) in [5, 5.41) is 8.92. The molecular weight excluding hydrogens is 301 g/mol. The molecule has 96 valence electrons. The van der Waals surface area contributed by atoms with Crippen molar-refractivity contribution < 1.29 is 23.0 Å². The van der Waals surface area contributed by atoms with Crippen molar-refractivity contribution >= 4 is 15.9 Å². The highest BCUT2D eigenvalue weighted by atomic mass is 79.9. The summed E-state index contributed by atoms with van der Waals surface area (Å²) in [4.78, 5) is 0. The fourth-order valence-electron chi connectivity index (χ4n) is 1.17. The zero-order valence-electron chi connectivity index (χ0n) is 9.04. The summed E-state index contributed by atoms with van der Waals surface area (Å²) in [6, 6.07) is 7.00. The highest BCUT2D eigenvalue weighted by molar-refractivity contribution is 9.10. The Morgan fingerprint density at radius 1 is 1.29 bits per heavy atom. The van der Waals surface area contributed by atoms with Crippen LogP contribution < -0.4 is 0 Å². The first-order valence-corrected chi connectivity index (χ1v) is 5.71. The van der Waals surface area contributed by atoms with Crippen LogP contribution in [0.4, 0.5) is 13.2 Å². The summed E-state index contributed by atoms with van der Waals surface area (Å²) in [6.07, 6.45) is -8.41. The Morgan fingerprint density at radius 3 is 2.29 bits per heavy atom. The van der Waals surface area contributed by atoms with Gasteiger partial charge in [0.1, 0.15) is 0 Å². The third kappa shape index (κ3) is 4.65. The van der Waals surface area contributed by atoms with E-state index >= 15 is 0 Å². The quantitative estimate of drug-likeness (QED) is 0.924. The Bertz CT molecular complexity index is 351. The Balaban J connectivity index is 2.48. The second-order valence-electron chi connectivity index (χ2n) is 3.63. The molecule has 0 saturated heterocycles. The summed E-state index contributed by atoms with van der Waals surface area (Å²) in [7, 11) is 0. The lowest BCUT2D eigenvalue weighted by Gasteiger charge is -2.21. The van der Waals surface area contributed by atoms with Crippen molar-refractivity contribution in [1.29, 1.82) is 0 Å². The molecule has 1 rings (SSSR count). The lowest BCUT2D eigenvalue weighted by atomic mass is 10.2. The Labute approximate surface area is 106 Å². The maximum absolute atomic E-state index is 12.1. The molecule has 0 heterocycles. The van der Waals surface area contributed by atoms with E-state index in [1.807, 2.05) is 0 Å². The number of aliphatic hydroxyl groups is 1. The number of aliphatic hydroxyl groups excluding tert-OH is 1. The Hall–Kier alpha value is -0.590. The minimum Gasteiger partial charge on any atom is -0.381 e. The molecule has 0 aliphatic heterocycles. The van der Waals surface area contributed by atoms with Crippen LogP contribution in [0.25, 0.3) is 0 Å². The number of rotatable bonds is 4. The normalized spacial score (nSPS) is 15.6. The third-order valence-corrected chi connectivity index (χ3v) is 2.73. The van der Waals surface area contributed by atoms with E-state index < -0.39 is 18.4 Å². The Kier molecular flexibility index (Phi) is 4.97. The van der Waals surface area contributed by atoms with Gasteiger partial charge in [-0.2, -0.15) is 13.2 Å². The maximum Gasteiger partial charge on any atom is 0.416 e. The van der Waals surface area contributed by atoms with E-state index in [0.717, 1.165) is 10.0 Å². The predicted molar refractivity (Wildman–Crippen MR) is 60.5 cm³/mol. The number of halogens is 4.